The van der Waals surface area contributed by atoms with Crippen molar-refractivity contribution in [1.82, 2.24) is 15.2 Å². The van der Waals surface area contributed by atoms with Crippen LogP contribution in [0.1, 0.15) is 27.5 Å². The summed E-state index contributed by atoms with van der Waals surface area (Å²) in [6.07, 6.45) is 1.04. The van der Waals surface area contributed by atoms with Gasteiger partial charge in [0, 0.05) is 38.2 Å². The summed E-state index contributed by atoms with van der Waals surface area (Å²) < 4.78 is 16.7. The molecule has 4 heterocycles. The molecule has 4 rings (SSSR count). The zero-order chi connectivity index (χ0) is 19.5. The van der Waals surface area contributed by atoms with Crippen molar-refractivity contribution in [2.24, 2.45) is 5.92 Å². The third-order valence-electron chi connectivity index (χ3n) is 5.45. The maximum absolute atomic E-state index is 12.9. The van der Waals surface area contributed by atoms with Crippen molar-refractivity contribution in [3.8, 4) is 10.8 Å². The SMILES string of the molecule is Cc1ccc(-c2nc(C)c(C(=O)NCC(C3CCOC3)N3CCOCC3)s2)o1. The summed E-state index contributed by atoms with van der Waals surface area (Å²) in [5.74, 6) is 1.92. The molecule has 1 N–H and O–H groups in total. The van der Waals surface area contributed by atoms with Gasteiger partial charge in [0.25, 0.3) is 5.91 Å². The fraction of sp³-hybridized carbons (Fsp3) is 0.600. The average Bonchev–Trinajstić information content (AvgIpc) is 3.44. The third kappa shape index (κ3) is 4.30. The Morgan fingerprint density at radius 2 is 2.11 bits per heavy atom. The van der Waals surface area contributed by atoms with Crippen LogP contribution in [-0.2, 0) is 9.47 Å². The van der Waals surface area contributed by atoms with Crippen LogP contribution in [0, 0.1) is 19.8 Å². The summed E-state index contributed by atoms with van der Waals surface area (Å²) in [6, 6.07) is 4.07. The number of furan rings is 1. The van der Waals surface area contributed by atoms with Crippen LogP contribution in [-0.4, -0.2) is 67.9 Å². The lowest BCUT2D eigenvalue weighted by atomic mass is 9.97. The molecule has 8 heteroatoms. The molecule has 2 atom stereocenters. The van der Waals surface area contributed by atoms with E-state index in [0.717, 1.165) is 62.4 Å². The number of ether oxygens (including phenoxy) is 2. The van der Waals surface area contributed by atoms with Gasteiger partial charge in [0.15, 0.2) is 10.8 Å². The summed E-state index contributed by atoms with van der Waals surface area (Å²) in [5.41, 5.74) is 0.735. The minimum Gasteiger partial charge on any atom is -0.459 e. The summed E-state index contributed by atoms with van der Waals surface area (Å²) in [6.45, 7) is 9.25. The Morgan fingerprint density at radius 3 is 2.79 bits per heavy atom. The number of hydrogen-bond donors (Lipinski definition) is 1. The molecule has 0 aromatic carbocycles. The van der Waals surface area contributed by atoms with Crippen LogP contribution in [0.25, 0.3) is 10.8 Å². The fourth-order valence-corrected chi connectivity index (χ4v) is 4.84. The zero-order valence-electron chi connectivity index (χ0n) is 16.4. The molecule has 2 fully saturated rings. The van der Waals surface area contributed by atoms with E-state index < -0.39 is 0 Å². The lowest BCUT2D eigenvalue weighted by Crippen LogP contribution is -2.52. The predicted molar refractivity (Wildman–Crippen MR) is 107 cm³/mol. The molecule has 7 nitrogen and oxygen atoms in total. The molecular weight excluding hydrogens is 378 g/mol. The Labute approximate surface area is 169 Å². The molecular formula is C20H27N3O4S. The minimum absolute atomic E-state index is 0.0679. The Balaban J connectivity index is 1.43. The smallest absolute Gasteiger partial charge is 0.263 e. The minimum atomic E-state index is -0.0679. The van der Waals surface area contributed by atoms with E-state index in [2.05, 4.69) is 15.2 Å². The molecule has 2 saturated heterocycles. The Kier molecular flexibility index (Phi) is 6.10. The van der Waals surface area contributed by atoms with Crippen LogP contribution in [0.3, 0.4) is 0 Å². The molecule has 152 valence electrons. The molecule has 1 amide bonds. The van der Waals surface area contributed by atoms with Crippen molar-refractivity contribution in [3.05, 3.63) is 28.5 Å². The monoisotopic (exact) mass is 405 g/mol. The topological polar surface area (TPSA) is 76.8 Å². The molecule has 28 heavy (non-hydrogen) atoms. The Morgan fingerprint density at radius 1 is 1.29 bits per heavy atom. The predicted octanol–water partition coefficient (Wildman–Crippen LogP) is 2.49. The summed E-state index contributed by atoms with van der Waals surface area (Å²) in [4.78, 5) is 20.5. The van der Waals surface area contributed by atoms with Crippen LogP contribution < -0.4 is 5.32 Å². The molecule has 0 aliphatic carbocycles. The maximum Gasteiger partial charge on any atom is 0.263 e. The number of amides is 1. The first-order chi connectivity index (χ1) is 13.6. The highest BCUT2D eigenvalue weighted by Gasteiger charge is 2.32. The summed E-state index contributed by atoms with van der Waals surface area (Å²) >= 11 is 1.38. The molecule has 0 spiro atoms. The lowest BCUT2D eigenvalue weighted by Gasteiger charge is -2.37. The molecule has 0 bridgehead atoms. The van der Waals surface area contributed by atoms with E-state index in [1.165, 1.54) is 11.3 Å². The highest BCUT2D eigenvalue weighted by molar-refractivity contribution is 7.17. The largest absolute Gasteiger partial charge is 0.459 e. The van der Waals surface area contributed by atoms with Gasteiger partial charge in [-0.2, -0.15) is 0 Å². The highest BCUT2D eigenvalue weighted by atomic mass is 32.1. The summed E-state index contributed by atoms with van der Waals surface area (Å²) in [7, 11) is 0. The molecule has 0 radical (unpaired) electrons. The van der Waals surface area contributed by atoms with Crippen molar-refractivity contribution < 1.29 is 18.7 Å². The standard InChI is InChI=1S/C20H27N3O4S/c1-13-3-4-17(27-13)20-22-14(2)18(28-20)19(24)21-11-16(15-5-8-26-12-15)23-6-9-25-10-7-23/h3-4,15-16H,5-12H2,1-2H3,(H,21,24). The number of aryl methyl sites for hydroxylation is 2. The average molecular weight is 406 g/mol. The van der Waals surface area contributed by atoms with Crippen LogP contribution in [0.2, 0.25) is 0 Å². The first kappa shape index (κ1) is 19.6. The second-order valence-electron chi connectivity index (χ2n) is 7.39. The van der Waals surface area contributed by atoms with Crippen molar-refractivity contribution in [2.75, 3.05) is 46.1 Å². The van der Waals surface area contributed by atoms with Gasteiger partial charge in [-0.3, -0.25) is 9.69 Å². The Bertz CT molecular complexity index is 806. The number of hydrogen-bond acceptors (Lipinski definition) is 7. The van der Waals surface area contributed by atoms with Crippen molar-refractivity contribution in [1.29, 1.82) is 0 Å². The van der Waals surface area contributed by atoms with E-state index in [-0.39, 0.29) is 11.9 Å². The lowest BCUT2D eigenvalue weighted by molar-refractivity contribution is 0.00167. The van der Waals surface area contributed by atoms with Gasteiger partial charge in [-0.25, -0.2) is 4.98 Å². The molecule has 0 saturated carbocycles. The van der Waals surface area contributed by atoms with Crippen LogP contribution in [0.4, 0.5) is 0 Å². The van der Waals surface area contributed by atoms with Gasteiger partial charge < -0.3 is 19.2 Å². The van der Waals surface area contributed by atoms with Crippen molar-refractivity contribution in [2.45, 2.75) is 26.3 Å². The molecule has 2 aromatic heterocycles. The molecule has 2 unspecified atom stereocenters. The van der Waals surface area contributed by atoms with Crippen LogP contribution in [0.15, 0.2) is 16.5 Å². The highest BCUT2D eigenvalue weighted by Crippen LogP contribution is 2.29. The van der Waals surface area contributed by atoms with E-state index in [1.54, 1.807) is 0 Å². The van der Waals surface area contributed by atoms with Gasteiger partial charge >= 0.3 is 0 Å². The van der Waals surface area contributed by atoms with Gasteiger partial charge in [0.2, 0.25) is 0 Å². The van der Waals surface area contributed by atoms with E-state index in [4.69, 9.17) is 13.9 Å². The quantitative estimate of drug-likeness (QED) is 0.796. The second kappa shape index (κ2) is 8.73. The molecule has 2 aromatic rings. The number of thiazole rings is 1. The number of nitrogens with zero attached hydrogens (tertiary/aromatic N) is 2. The third-order valence-corrected chi connectivity index (χ3v) is 6.62. The van der Waals surface area contributed by atoms with E-state index in [1.807, 2.05) is 26.0 Å². The van der Waals surface area contributed by atoms with Crippen LogP contribution in [0.5, 0.6) is 0 Å². The Hall–Kier alpha value is -1.74. The fourth-order valence-electron chi connectivity index (χ4n) is 3.90. The van der Waals surface area contributed by atoms with E-state index in [9.17, 15) is 4.79 Å². The van der Waals surface area contributed by atoms with Gasteiger partial charge in [-0.05, 0) is 32.4 Å². The first-order valence-electron chi connectivity index (χ1n) is 9.84. The number of nitrogens with one attached hydrogen (secondary N) is 1. The van der Waals surface area contributed by atoms with Crippen molar-refractivity contribution >= 4 is 17.2 Å². The van der Waals surface area contributed by atoms with Gasteiger partial charge in [0.1, 0.15) is 10.6 Å². The number of carbonyl (C=O) groups excluding carboxylic acids is 1. The maximum atomic E-state index is 12.9. The first-order valence-corrected chi connectivity index (χ1v) is 10.7. The number of aromatic nitrogens is 1. The zero-order valence-corrected chi connectivity index (χ0v) is 17.2. The number of morpholine rings is 1. The molecule has 2 aliphatic rings. The number of carbonyl (C=O) groups is 1. The van der Waals surface area contributed by atoms with E-state index in [0.29, 0.717) is 23.1 Å². The summed E-state index contributed by atoms with van der Waals surface area (Å²) in [5, 5.41) is 3.89. The van der Waals surface area contributed by atoms with Gasteiger partial charge in [-0.1, -0.05) is 0 Å². The van der Waals surface area contributed by atoms with Crippen molar-refractivity contribution in [3.63, 3.8) is 0 Å². The van der Waals surface area contributed by atoms with Gasteiger partial charge in [-0.15, -0.1) is 11.3 Å². The number of rotatable bonds is 6. The molecule has 2 aliphatic heterocycles. The second-order valence-corrected chi connectivity index (χ2v) is 8.39. The van der Waals surface area contributed by atoms with E-state index >= 15 is 0 Å². The van der Waals surface area contributed by atoms with Gasteiger partial charge in [0.05, 0.1) is 25.5 Å². The normalized spacial score (nSPS) is 21.7. The van der Waals surface area contributed by atoms with Crippen LogP contribution >= 0.6 is 11.3 Å².